The number of imide groups is 2. The number of benzene rings is 3. The second kappa shape index (κ2) is 11.5. The van der Waals surface area contributed by atoms with E-state index in [0.717, 1.165) is 10.5 Å². The lowest BCUT2D eigenvalue weighted by Crippen LogP contribution is -2.54. The molecular formula is C27H21BrClN3O6. The van der Waals surface area contributed by atoms with Gasteiger partial charge in [0.1, 0.15) is 17.1 Å². The summed E-state index contributed by atoms with van der Waals surface area (Å²) in [6.45, 7) is 1.60. The number of carbonyl (C=O) groups excluding carboxylic acids is 4. The van der Waals surface area contributed by atoms with Gasteiger partial charge in [0.2, 0.25) is 0 Å². The monoisotopic (exact) mass is 597 g/mol. The third kappa shape index (κ3) is 6.04. The molecule has 1 heterocycles. The van der Waals surface area contributed by atoms with Crippen LogP contribution in [0.4, 0.5) is 16.2 Å². The van der Waals surface area contributed by atoms with E-state index in [1.807, 2.05) is 6.92 Å². The van der Waals surface area contributed by atoms with Crippen LogP contribution in [0.1, 0.15) is 11.1 Å². The van der Waals surface area contributed by atoms with Crippen molar-refractivity contribution in [1.82, 2.24) is 5.32 Å². The number of halogens is 2. The lowest BCUT2D eigenvalue weighted by Gasteiger charge is -2.26. The Balaban J connectivity index is 1.46. The predicted octanol–water partition coefficient (Wildman–Crippen LogP) is 5.10. The van der Waals surface area contributed by atoms with E-state index in [1.54, 1.807) is 48.5 Å². The van der Waals surface area contributed by atoms with Crippen molar-refractivity contribution in [3.63, 3.8) is 0 Å². The molecule has 0 aliphatic carbocycles. The van der Waals surface area contributed by atoms with Crippen LogP contribution in [-0.2, 0) is 14.4 Å². The number of urea groups is 1. The first-order valence-corrected chi connectivity index (χ1v) is 12.4. The average Bonchev–Trinajstić information content (AvgIpc) is 2.88. The molecule has 0 bridgehead atoms. The molecule has 5 amide bonds. The Morgan fingerprint density at radius 3 is 2.47 bits per heavy atom. The van der Waals surface area contributed by atoms with E-state index in [4.69, 9.17) is 21.1 Å². The highest BCUT2D eigenvalue weighted by Crippen LogP contribution is 2.29. The summed E-state index contributed by atoms with van der Waals surface area (Å²) in [5.74, 6) is -1.04. The van der Waals surface area contributed by atoms with E-state index in [-0.39, 0.29) is 23.8 Å². The molecular weight excluding hydrogens is 578 g/mol. The average molecular weight is 599 g/mol. The second-order valence-corrected chi connectivity index (χ2v) is 9.41. The van der Waals surface area contributed by atoms with Crippen LogP contribution in [0, 0.1) is 6.92 Å². The number of barbiturate groups is 1. The number of nitrogens with one attached hydrogen (secondary N) is 2. The number of methoxy groups -OCH3 is 1. The summed E-state index contributed by atoms with van der Waals surface area (Å²) >= 11 is 9.47. The molecule has 2 N–H and O–H groups in total. The van der Waals surface area contributed by atoms with Gasteiger partial charge < -0.3 is 14.8 Å². The maximum absolute atomic E-state index is 13.1. The van der Waals surface area contributed by atoms with Crippen molar-refractivity contribution in [1.29, 1.82) is 0 Å². The molecule has 0 unspecified atom stereocenters. The number of aryl methyl sites for hydroxylation is 1. The van der Waals surface area contributed by atoms with Crippen molar-refractivity contribution < 1.29 is 28.7 Å². The summed E-state index contributed by atoms with van der Waals surface area (Å²) in [5, 5.41) is 5.43. The first-order valence-electron chi connectivity index (χ1n) is 11.2. The van der Waals surface area contributed by atoms with Crippen LogP contribution in [-0.4, -0.2) is 37.5 Å². The Kier molecular flexibility index (Phi) is 8.13. The molecule has 0 aromatic heterocycles. The number of amides is 5. The van der Waals surface area contributed by atoms with Crippen LogP contribution in [0.5, 0.6) is 11.5 Å². The standard InChI is InChI=1S/C27H21BrClN3O6/c1-15-3-5-17(13-22(15)29)30-24(33)14-38-23-10-4-16(12-21(23)28)11-20-25(34)31-27(36)32(26(20)35)18-6-8-19(37-2)9-7-18/h3-13H,14H2,1-2H3,(H,30,33)(H,31,34,36)/b20-11+. The summed E-state index contributed by atoms with van der Waals surface area (Å²) in [5.41, 5.74) is 1.99. The summed E-state index contributed by atoms with van der Waals surface area (Å²) in [6, 6.07) is 15.4. The van der Waals surface area contributed by atoms with Gasteiger partial charge in [0, 0.05) is 10.7 Å². The van der Waals surface area contributed by atoms with Gasteiger partial charge in [-0.3, -0.25) is 19.7 Å². The molecule has 0 radical (unpaired) electrons. The van der Waals surface area contributed by atoms with E-state index in [9.17, 15) is 19.2 Å². The van der Waals surface area contributed by atoms with E-state index in [0.29, 0.717) is 32.2 Å². The van der Waals surface area contributed by atoms with Crippen molar-refractivity contribution in [2.45, 2.75) is 6.92 Å². The topological polar surface area (TPSA) is 114 Å². The minimum atomic E-state index is -0.849. The SMILES string of the molecule is COc1ccc(N2C(=O)NC(=O)/C(=C\c3ccc(OCC(=O)Nc4ccc(C)c(Cl)c4)c(Br)c3)C2=O)cc1. The summed E-state index contributed by atoms with van der Waals surface area (Å²) in [6.07, 6.45) is 1.36. The van der Waals surface area contributed by atoms with Gasteiger partial charge in [-0.05, 0) is 88.6 Å². The van der Waals surface area contributed by atoms with Crippen LogP contribution >= 0.6 is 27.5 Å². The zero-order valence-corrected chi connectivity index (χ0v) is 22.6. The van der Waals surface area contributed by atoms with Gasteiger partial charge in [-0.1, -0.05) is 23.7 Å². The Bertz CT molecular complexity index is 1470. The maximum Gasteiger partial charge on any atom is 0.335 e. The van der Waals surface area contributed by atoms with Gasteiger partial charge in [0.25, 0.3) is 17.7 Å². The van der Waals surface area contributed by atoms with Gasteiger partial charge in [0.15, 0.2) is 6.61 Å². The minimum absolute atomic E-state index is 0.225. The maximum atomic E-state index is 13.1. The quantitative estimate of drug-likeness (QED) is 0.289. The molecule has 11 heteroatoms. The largest absolute Gasteiger partial charge is 0.497 e. The number of nitrogens with zero attached hydrogens (tertiary/aromatic N) is 1. The number of hydrogen-bond donors (Lipinski definition) is 2. The van der Waals surface area contributed by atoms with Crippen LogP contribution in [0.15, 0.2) is 70.7 Å². The Morgan fingerprint density at radius 2 is 1.82 bits per heavy atom. The number of carbonyl (C=O) groups is 4. The summed E-state index contributed by atoms with van der Waals surface area (Å²) < 4.78 is 11.2. The van der Waals surface area contributed by atoms with Crippen molar-refractivity contribution in [3.05, 3.63) is 86.9 Å². The van der Waals surface area contributed by atoms with Gasteiger partial charge in [-0.2, -0.15) is 0 Å². The van der Waals surface area contributed by atoms with Gasteiger partial charge >= 0.3 is 6.03 Å². The smallest absolute Gasteiger partial charge is 0.335 e. The van der Waals surface area contributed by atoms with E-state index in [1.165, 1.54) is 25.3 Å². The lowest BCUT2D eigenvalue weighted by molar-refractivity contribution is -0.122. The van der Waals surface area contributed by atoms with Crippen LogP contribution < -0.4 is 25.0 Å². The third-order valence-electron chi connectivity index (χ3n) is 5.51. The van der Waals surface area contributed by atoms with E-state index >= 15 is 0 Å². The fourth-order valence-corrected chi connectivity index (χ4v) is 4.22. The molecule has 194 valence electrons. The van der Waals surface area contributed by atoms with Crippen molar-refractivity contribution in [2.24, 2.45) is 0 Å². The first kappa shape index (κ1) is 26.9. The normalized spacial score (nSPS) is 14.4. The molecule has 1 saturated heterocycles. The van der Waals surface area contributed by atoms with Crippen LogP contribution in [0.2, 0.25) is 5.02 Å². The Labute approximate surface area is 231 Å². The van der Waals surface area contributed by atoms with E-state index in [2.05, 4.69) is 26.6 Å². The number of rotatable bonds is 7. The molecule has 1 fully saturated rings. The summed E-state index contributed by atoms with van der Waals surface area (Å²) in [4.78, 5) is 51.1. The zero-order chi connectivity index (χ0) is 27.4. The van der Waals surface area contributed by atoms with Crippen molar-refractivity contribution in [2.75, 3.05) is 23.9 Å². The Morgan fingerprint density at radius 1 is 1.08 bits per heavy atom. The highest BCUT2D eigenvalue weighted by atomic mass is 79.9. The van der Waals surface area contributed by atoms with Crippen LogP contribution in [0.3, 0.4) is 0 Å². The van der Waals surface area contributed by atoms with E-state index < -0.39 is 17.8 Å². The molecule has 1 aliphatic heterocycles. The zero-order valence-electron chi connectivity index (χ0n) is 20.2. The van der Waals surface area contributed by atoms with Crippen molar-refractivity contribution >= 4 is 68.7 Å². The molecule has 3 aromatic rings. The highest BCUT2D eigenvalue weighted by Gasteiger charge is 2.36. The van der Waals surface area contributed by atoms with Crippen molar-refractivity contribution in [3.8, 4) is 11.5 Å². The Hall–Kier alpha value is -4.15. The molecule has 1 aliphatic rings. The fraction of sp³-hybridized carbons (Fsp3) is 0.111. The molecule has 9 nitrogen and oxygen atoms in total. The first-order chi connectivity index (χ1) is 18.2. The molecule has 3 aromatic carbocycles. The number of ether oxygens (including phenoxy) is 2. The highest BCUT2D eigenvalue weighted by molar-refractivity contribution is 9.10. The van der Waals surface area contributed by atoms with Gasteiger partial charge in [-0.15, -0.1) is 0 Å². The lowest BCUT2D eigenvalue weighted by atomic mass is 10.1. The number of hydrogen-bond acceptors (Lipinski definition) is 6. The molecule has 0 saturated carbocycles. The van der Waals surface area contributed by atoms with Gasteiger partial charge in [-0.25, -0.2) is 9.69 Å². The van der Waals surface area contributed by atoms with Gasteiger partial charge in [0.05, 0.1) is 17.3 Å². The molecule has 4 rings (SSSR count). The third-order valence-corrected chi connectivity index (χ3v) is 6.54. The molecule has 0 spiro atoms. The second-order valence-electron chi connectivity index (χ2n) is 8.15. The molecule has 0 atom stereocenters. The fourth-order valence-electron chi connectivity index (χ4n) is 3.52. The minimum Gasteiger partial charge on any atom is -0.497 e. The van der Waals surface area contributed by atoms with Crippen LogP contribution in [0.25, 0.3) is 6.08 Å². The summed E-state index contributed by atoms with van der Waals surface area (Å²) in [7, 11) is 1.50. The predicted molar refractivity (Wildman–Crippen MR) is 146 cm³/mol. The number of anilines is 2. The molecule has 38 heavy (non-hydrogen) atoms.